The number of ketones is 1. The van der Waals surface area contributed by atoms with Gasteiger partial charge in [0.2, 0.25) is 5.60 Å². The molecule has 4 fully saturated rings. The predicted molar refractivity (Wildman–Crippen MR) is 159 cm³/mol. The number of esters is 4. The van der Waals surface area contributed by atoms with E-state index in [1.54, 1.807) is 32.0 Å². The van der Waals surface area contributed by atoms with Crippen molar-refractivity contribution < 1.29 is 67.0 Å². The van der Waals surface area contributed by atoms with Crippen molar-refractivity contribution in [3.05, 3.63) is 47.0 Å². The van der Waals surface area contributed by atoms with Crippen molar-refractivity contribution >= 4 is 35.8 Å². The van der Waals surface area contributed by atoms with E-state index in [-0.39, 0.29) is 29.7 Å². The fourth-order valence-corrected chi connectivity index (χ4v) is 9.00. The first kappa shape index (κ1) is 33.6. The van der Waals surface area contributed by atoms with Crippen molar-refractivity contribution in [3.63, 3.8) is 0 Å². The Morgan fingerprint density at radius 3 is 2.12 bits per heavy atom. The molecule has 258 valence electrons. The van der Waals surface area contributed by atoms with Gasteiger partial charge in [0.25, 0.3) is 0 Å². The van der Waals surface area contributed by atoms with Gasteiger partial charge in [0.05, 0.1) is 23.5 Å². The molecule has 0 unspecified atom stereocenters. The van der Waals surface area contributed by atoms with Crippen LogP contribution in [0, 0.1) is 16.7 Å². The van der Waals surface area contributed by atoms with E-state index in [9.17, 15) is 29.1 Å². The van der Waals surface area contributed by atoms with Crippen LogP contribution in [0.4, 0.5) is 4.79 Å². The summed E-state index contributed by atoms with van der Waals surface area (Å²) in [5.41, 5.74) is -7.07. The van der Waals surface area contributed by atoms with Gasteiger partial charge in [-0.3, -0.25) is 19.2 Å². The average Bonchev–Trinajstić information content (AvgIpc) is 3.37. The molecule has 1 aromatic rings. The molecule has 2 saturated heterocycles. The van der Waals surface area contributed by atoms with Gasteiger partial charge in [-0.1, -0.05) is 32.0 Å². The van der Waals surface area contributed by atoms with Crippen LogP contribution in [0.5, 0.6) is 0 Å². The lowest BCUT2D eigenvalue weighted by atomic mass is 9.44. The van der Waals surface area contributed by atoms with Crippen molar-refractivity contribution in [1.82, 2.24) is 0 Å². The average molecular weight is 671 g/mol. The minimum Gasteiger partial charge on any atom is -0.461 e. The molecule has 14 heteroatoms. The van der Waals surface area contributed by atoms with Gasteiger partial charge in [-0.2, -0.15) is 0 Å². The summed E-state index contributed by atoms with van der Waals surface area (Å²) >= 11 is 0. The third-order valence-corrected chi connectivity index (χ3v) is 11.0. The van der Waals surface area contributed by atoms with E-state index in [2.05, 4.69) is 0 Å². The first-order valence-electron chi connectivity index (χ1n) is 15.7. The number of fused-ring (bicyclic) bond motifs is 4. The maximum Gasteiger partial charge on any atom is 0.509 e. The minimum absolute atomic E-state index is 0.0836. The molecule has 0 aromatic heterocycles. The Balaban J connectivity index is 1.74. The van der Waals surface area contributed by atoms with E-state index in [1.807, 2.05) is 0 Å². The summed E-state index contributed by atoms with van der Waals surface area (Å²) in [7, 11) is 0. The first-order chi connectivity index (χ1) is 22.4. The van der Waals surface area contributed by atoms with Crippen molar-refractivity contribution in [2.24, 2.45) is 16.7 Å². The molecule has 14 nitrogen and oxygen atoms in total. The molecule has 2 heterocycles. The highest BCUT2D eigenvalue weighted by Crippen LogP contribution is 2.67. The second kappa shape index (κ2) is 11.1. The second-order valence-electron chi connectivity index (χ2n) is 13.8. The number of carbonyl (C=O) groups is 6. The van der Waals surface area contributed by atoms with Gasteiger partial charge in [0.1, 0.15) is 18.3 Å². The third-order valence-electron chi connectivity index (χ3n) is 11.0. The smallest absolute Gasteiger partial charge is 0.461 e. The van der Waals surface area contributed by atoms with Crippen molar-refractivity contribution in [1.29, 1.82) is 0 Å². The van der Waals surface area contributed by atoms with E-state index in [0.717, 1.165) is 20.8 Å². The SMILES string of the molecule is CC(=O)O[C@H]1C(=O)[C@]2(C)[C@@H](OC(C)=O)C[C@H]3OC[C@@]3(OC(C)=O)[C@H]2[C@H](OC(=O)c2ccccc2)[C@]23OC(=O)O[C@H]2[C@H](O)C(C)=C1C3(C)C. The Bertz CT molecular complexity index is 1630. The Kier molecular flexibility index (Phi) is 7.79. The largest absolute Gasteiger partial charge is 0.509 e. The van der Waals surface area contributed by atoms with Gasteiger partial charge >= 0.3 is 30.0 Å². The molecule has 5 aliphatic rings. The van der Waals surface area contributed by atoms with Gasteiger partial charge in [-0.15, -0.1) is 0 Å². The zero-order chi connectivity index (χ0) is 35.1. The molecule has 2 saturated carbocycles. The fraction of sp³-hybridized carbons (Fsp3) is 0.588. The van der Waals surface area contributed by atoms with Crippen LogP contribution >= 0.6 is 0 Å². The maximum atomic E-state index is 15.3. The van der Waals surface area contributed by atoms with Gasteiger partial charge in [-0.05, 0) is 37.1 Å². The fourth-order valence-electron chi connectivity index (χ4n) is 9.00. The van der Waals surface area contributed by atoms with Gasteiger partial charge in [0, 0.05) is 32.6 Å². The van der Waals surface area contributed by atoms with Crippen LogP contribution in [-0.2, 0) is 52.3 Å². The zero-order valence-electron chi connectivity index (χ0n) is 27.6. The van der Waals surface area contributed by atoms with E-state index in [0.29, 0.717) is 0 Å². The summed E-state index contributed by atoms with van der Waals surface area (Å²) in [6.45, 7) is 9.30. The van der Waals surface area contributed by atoms with Crippen LogP contribution < -0.4 is 0 Å². The highest BCUT2D eigenvalue weighted by atomic mass is 16.8. The molecule has 48 heavy (non-hydrogen) atoms. The number of benzene rings is 1. The van der Waals surface area contributed by atoms with Crippen LogP contribution in [0.2, 0.25) is 0 Å². The summed E-state index contributed by atoms with van der Waals surface area (Å²) < 4.78 is 41.7. The third kappa shape index (κ3) is 4.44. The van der Waals surface area contributed by atoms with Gasteiger partial charge < -0.3 is 38.3 Å². The van der Waals surface area contributed by atoms with Gasteiger partial charge in [0.15, 0.2) is 29.7 Å². The number of hydrogen-bond acceptors (Lipinski definition) is 14. The summed E-state index contributed by atoms with van der Waals surface area (Å²) in [4.78, 5) is 80.9. The van der Waals surface area contributed by atoms with Crippen molar-refractivity contribution in [2.75, 3.05) is 6.61 Å². The predicted octanol–water partition coefficient (Wildman–Crippen LogP) is 2.38. The number of Topliss-reactive ketones (excluding diaryl/α,β-unsaturated/α-hetero) is 1. The summed E-state index contributed by atoms with van der Waals surface area (Å²) in [6, 6.07) is 7.90. The Hall–Kier alpha value is -4.30. The number of hydrogen-bond donors (Lipinski definition) is 1. The van der Waals surface area contributed by atoms with E-state index in [4.69, 9.17) is 33.2 Å². The molecular weight excluding hydrogens is 632 g/mol. The minimum atomic E-state index is -2.14. The van der Waals surface area contributed by atoms with E-state index < -0.39 is 100 Å². The highest BCUT2D eigenvalue weighted by molar-refractivity contribution is 5.96. The lowest BCUT2D eigenvalue weighted by Crippen LogP contribution is -2.83. The molecule has 2 bridgehead atoms. The topological polar surface area (TPSA) is 187 Å². The number of aliphatic hydroxyl groups excluding tert-OH is 1. The molecule has 10 atom stereocenters. The Morgan fingerprint density at radius 2 is 1.56 bits per heavy atom. The lowest BCUT2D eigenvalue weighted by molar-refractivity contribution is -0.346. The van der Waals surface area contributed by atoms with Gasteiger partial charge in [-0.25, -0.2) is 9.59 Å². The maximum absolute atomic E-state index is 15.3. The van der Waals surface area contributed by atoms with Crippen molar-refractivity contribution in [3.8, 4) is 0 Å². The monoisotopic (exact) mass is 670 g/mol. The molecular formula is C34H38O14. The van der Waals surface area contributed by atoms with E-state index in [1.165, 1.54) is 26.0 Å². The Labute approximate surface area is 275 Å². The van der Waals surface area contributed by atoms with Crippen LogP contribution in [0.1, 0.15) is 65.2 Å². The Morgan fingerprint density at radius 1 is 0.917 bits per heavy atom. The van der Waals surface area contributed by atoms with Crippen LogP contribution in [0.25, 0.3) is 0 Å². The van der Waals surface area contributed by atoms with E-state index >= 15 is 4.79 Å². The summed E-state index contributed by atoms with van der Waals surface area (Å²) in [5, 5.41) is 11.8. The second-order valence-corrected chi connectivity index (χ2v) is 13.8. The molecule has 1 spiro atoms. The normalized spacial score (nSPS) is 39.0. The molecule has 2 aliphatic heterocycles. The van der Waals surface area contributed by atoms with Crippen LogP contribution in [0.3, 0.4) is 0 Å². The zero-order valence-corrected chi connectivity index (χ0v) is 27.6. The summed E-state index contributed by atoms with van der Waals surface area (Å²) in [5.74, 6) is -5.53. The lowest BCUT2D eigenvalue weighted by Gasteiger charge is -2.67. The number of aliphatic hydroxyl groups is 1. The first-order valence-corrected chi connectivity index (χ1v) is 15.7. The molecule has 1 aromatic carbocycles. The standard InChI is InChI=1S/C34H38O14/c1-15-22-24(44-17(3)36)26(39)32(7)20(43-16(2)35)13-21-33(14-42-21,47-18(4)37)25(32)28(45-29(40)19-11-9-8-10-12-19)34(31(22,5)6)27(23(15)38)46-30(41)48-34/h8-12,20-21,23-25,27-28,38H,13-14H2,1-7H3/t20-,21+,23+,24+,25-,27-,28-,32+,33-,34+/m0/s1. The van der Waals surface area contributed by atoms with Crippen LogP contribution in [0.15, 0.2) is 41.5 Å². The molecule has 6 rings (SSSR count). The summed E-state index contributed by atoms with van der Waals surface area (Å²) in [6.07, 6.45) is -10.2. The number of carbonyl (C=O) groups excluding carboxylic acids is 6. The molecule has 1 N–H and O–H groups in total. The number of rotatable bonds is 5. The molecule has 3 aliphatic carbocycles. The molecule has 0 amide bonds. The molecule has 0 radical (unpaired) electrons. The van der Waals surface area contributed by atoms with Crippen molar-refractivity contribution in [2.45, 2.75) is 103 Å². The number of ether oxygens (including phenoxy) is 7. The highest BCUT2D eigenvalue weighted by Gasteiger charge is 2.83. The van der Waals surface area contributed by atoms with Crippen LogP contribution in [-0.4, -0.2) is 95.4 Å². The quantitative estimate of drug-likeness (QED) is 0.273.